The van der Waals surface area contributed by atoms with E-state index in [9.17, 15) is 15.0 Å². The van der Waals surface area contributed by atoms with Gasteiger partial charge in [-0.2, -0.15) is 0 Å². The number of fused-ring (bicyclic) bond motifs is 1. The molecule has 2 aliphatic heterocycles. The molecule has 0 aliphatic carbocycles. The van der Waals surface area contributed by atoms with Gasteiger partial charge in [-0.3, -0.25) is 9.69 Å². The van der Waals surface area contributed by atoms with Gasteiger partial charge in [0.05, 0.1) is 10.2 Å². The number of amides is 1. The van der Waals surface area contributed by atoms with Crippen molar-refractivity contribution in [3.8, 4) is 0 Å². The number of aromatic nitrogens is 1. The third-order valence-electron chi connectivity index (χ3n) is 5.73. The Kier molecular flexibility index (Phi) is 6.22. The monoisotopic (exact) mass is 404 g/mol. The van der Waals surface area contributed by atoms with Crippen LogP contribution >= 0.6 is 11.3 Å². The molecule has 2 saturated heterocycles. The first kappa shape index (κ1) is 19.7. The Morgan fingerprint density at radius 1 is 1.00 bits per heavy atom. The molecule has 152 valence electrons. The second kappa shape index (κ2) is 8.84. The highest BCUT2D eigenvalue weighted by Crippen LogP contribution is 2.28. The van der Waals surface area contributed by atoms with Crippen molar-refractivity contribution in [1.29, 1.82) is 0 Å². The first-order valence-electron chi connectivity index (χ1n) is 10.1. The second-order valence-corrected chi connectivity index (χ2v) is 8.69. The highest BCUT2D eigenvalue weighted by Gasteiger charge is 2.33. The molecule has 1 aromatic carbocycles. The number of hydrogen-bond acceptors (Lipinski definition) is 7. The van der Waals surface area contributed by atoms with Crippen molar-refractivity contribution < 1.29 is 15.0 Å². The fraction of sp³-hybridized carbons (Fsp3) is 0.600. The lowest BCUT2D eigenvalue weighted by Gasteiger charge is -2.36. The number of carbonyl (C=O) groups excluding carboxylic acids is 1. The minimum Gasteiger partial charge on any atom is -0.383 e. The van der Waals surface area contributed by atoms with E-state index in [0.29, 0.717) is 18.1 Å². The van der Waals surface area contributed by atoms with Crippen LogP contribution in [-0.2, 0) is 4.79 Å². The predicted octanol–water partition coefficient (Wildman–Crippen LogP) is 0.931. The Labute approximate surface area is 169 Å². The standard InChI is InChI=1S/C20H28N4O3S/c25-17(19-21-15-5-1-2-6-16(15)28-19)18(26)20(27)24-13-11-23(12-14-24)10-9-22-7-3-4-8-22/h1-2,5-6,17-18,25-26H,3-4,7-14H2. The number of nitrogens with zero attached hydrogens (tertiary/aromatic N) is 4. The maximum atomic E-state index is 12.7. The summed E-state index contributed by atoms with van der Waals surface area (Å²) in [5.41, 5.74) is 0.771. The maximum Gasteiger partial charge on any atom is 0.254 e. The van der Waals surface area contributed by atoms with Gasteiger partial charge < -0.3 is 20.0 Å². The van der Waals surface area contributed by atoms with Crippen molar-refractivity contribution in [3.05, 3.63) is 29.3 Å². The number of benzene rings is 1. The number of piperazine rings is 1. The van der Waals surface area contributed by atoms with Gasteiger partial charge in [0.15, 0.2) is 6.10 Å². The van der Waals surface area contributed by atoms with Crippen molar-refractivity contribution in [3.63, 3.8) is 0 Å². The number of carbonyl (C=O) groups is 1. The minimum absolute atomic E-state index is 0.381. The molecule has 3 heterocycles. The van der Waals surface area contributed by atoms with Crippen LogP contribution in [0, 0.1) is 0 Å². The molecule has 0 bridgehead atoms. The first-order chi connectivity index (χ1) is 13.6. The average molecular weight is 405 g/mol. The van der Waals surface area contributed by atoms with Crippen molar-refractivity contribution in [2.45, 2.75) is 25.0 Å². The van der Waals surface area contributed by atoms with Gasteiger partial charge in [-0.05, 0) is 38.1 Å². The topological polar surface area (TPSA) is 80.1 Å². The van der Waals surface area contributed by atoms with E-state index in [1.807, 2.05) is 24.3 Å². The highest BCUT2D eigenvalue weighted by molar-refractivity contribution is 7.18. The quantitative estimate of drug-likeness (QED) is 0.746. The molecule has 0 saturated carbocycles. The predicted molar refractivity (Wildman–Crippen MR) is 109 cm³/mol. The van der Waals surface area contributed by atoms with E-state index in [4.69, 9.17) is 0 Å². The fourth-order valence-corrected chi connectivity index (χ4v) is 4.94. The maximum absolute atomic E-state index is 12.7. The Morgan fingerprint density at radius 2 is 1.64 bits per heavy atom. The molecule has 4 rings (SSSR count). The van der Waals surface area contributed by atoms with Crippen LogP contribution in [0.2, 0.25) is 0 Å². The van der Waals surface area contributed by atoms with Crippen molar-refractivity contribution in [2.75, 3.05) is 52.4 Å². The van der Waals surface area contributed by atoms with Gasteiger partial charge in [0.1, 0.15) is 11.1 Å². The minimum atomic E-state index is -1.48. The van der Waals surface area contributed by atoms with Gasteiger partial charge in [0.25, 0.3) is 5.91 Å². The van der Waals surface area contributed by atoms with Gasteiger partial charge >= 0.3 is 0 Å². The summed E-state index contributed by atoms with van der Waals surface area (Å²) in [7, 11) is 0. The average Bonchev–Trinajstić information content (AvgIpc) is 3.40. The highest BCUT2D eigenvalue weighted by atomic mass is 32.1. The molecule has 2 aliphatic rings. The molecule has 28 heavy (non-hydrogen) atoms. The number of likely N-dealkylation sites (tertiary alicyclic amines) is 1. The summed E-state index contributed by atoms with van der Waals surface area (Å²) in [4.78, 5) is 23.6. The molecule has 0 radical (unpaired) electrons. The Bertz CT molecular complexity index is 767. The number of thiazole rings is 1. The van der Waals surface area contributed by atoms with Crippen LogP contribution in [0.3, 0.4) is 0 Å². The molecule has 2 aromatic rings. The normalized spacial score (nSPS) is 21.3. The summed E-state index contributed by atoms with van der Waals surface area (Å²) in [5.74, 6) is -0.411. The van der Waals surface area contributed by atoms with E-state index < -0.39 is 18.1 Å². The lowest BCUT2D eigenvalue weighted by atomic mass is 10.1. The number of para-hydroxylation sites is 1. The summed E-state index contributed by atoms with van der Waals surface area (Å²) < 4.78 is 0.933. The first-order valence-corrected chi connectivity index (χ1v) is 10.9. The van der Waals surface area contributed by atoms with Crippen LogP contribution < -0.4 is 0 Å². The second-order valence-electron chi connectivity index (χ2n) is 7.63. The number of rotatable bonds is 6. The molecule has 2 fully saturated rings. The van der Waals surface area contributed by atoms with Gasteiger partial charge in [-0.25, -0.2) is 4.98 Å². The molecule has 8 heteroatoms. The number of aliphatic hydroxyl groups is 2. The van der Waals surface area contributed by atoms with Crippen LogP contribution in [0.15, 0.2) is 24.3 Å². The molecule has 2 unspecified atom stereocenters. The fourth-order valence-electron chi connectivity index (χ4n) is 3.95. The van der Waals surface area contributed by atoms with E-state index in [1.54, 1.807) is 4.90 Å². The van der Waals surface area contributed by atoms with Gasteiger partial charge in [0.2, 0.25) is 0 Å². The largest absolute Gasteiger partial charge is 0.383 e. The molecule has 2 atom stereocenters. The zero-order chi connectivity index (χ0) is 19.5. The molecule has 1 aromatic heterocycles. The third kappa shape index (κ3) is 4.36. The zero-order valence-corrected chi connectivity index (χ0v) is 16.9. The summed E-state index contributed by atoms with van der Waals surface area (Å²) in [6.45, 7) is 7.31. The zero-order valence-electron chi connectivity index (χ0n) is 16.0. The van der Waals surface area contributed by atoms with Gasteiger partial charge in [-0.1, -0.05) is 12.1 Å². The van der Waals surface area contributed by atoms with Crippen molar-refractivity contribution in [1.82, 2.24) is 19.7 Å². The summed E-state index contributed by atoms with van der Waals surface area (Å²) in [6, 6.07) is 7.56. The Balaban J connectivity index is 1.29. The van der Waals surface area contributed by atoms with Gasteiger partial charge in [-0.15, -0.1) is 11.3 Å². The number of hydrogen-bond donors (Lipinski definition) is 2. The van der Waals surface area contributed by atoms with Gasteiger partial charge in [0, 0.05) is 39.3 Å². The SMILES string of the molecule is O=C(C(O)C(O)c1nc2ccccc2s1)N1CCN(CCN2CCCC2)CC1. The molecule has 1 amide bonds. The molecule has 2 N–H and O–H groups in total. The van der Waals surface area contributed by atoms with E-state index in [0.717, 1.165) is 36.4 Å². The lowest BCUT2D eigenvalue weighted by molar-refractivity contribution is -0.148. The lowest BCUT2D eigenvalue weighted by Crippen LogP contribution is -2.53. The molecule has 0 spiro atoms. The van der Waals surface area contributed by atoms with Crippen LogP contribution in [-0.4, -0.2) is 94.3 Å². The summed E-state index contributed by atoms with van der Waals surface area (Å²) >= 11 is 1.31. The van der Waals surface area contributed by atoms with Crippen LogP contribution in [0.25, 0.3) is 10.2 Å². The van der Waals surface area contributed by atoms with Crippen LogP contribution in [0.4, 0.5) is 0 Å². The van der Waals surface area contributed by atoms with Crippen molar-refractivity contribution >= 4 is 27.5 Å². The molecular formula is C20H28N4O3S. The van der Waals surface area contributed by atoms with Crippen LogP contribution in [0.1, 0.15) is 24.0 Å². The summed E-state index contributed by atoms with van der Waals surface area (Å²) in [5, 5.41) is 21.3. The Morgan fingerprint density at radius 3 is 2.32 bits per heavy atom. The number of aliphatic hydroxyl groups excluding tert-OH is 2. The summed E-state index contributed by atoms with van der Waals surface area (Å²) in [6.07, 6.45) is -0.163. The third-order valence-corrected chi connectivity index (χ3v) is 6.84. The smallest absolute Gasteiger partial charge is 0.254 e. The van der Waals surface area contributed by atoms with E-state index in [-0.39, 0.29) is 0 Å². The molecular weight excluding hydrogens is 376 g/mol. The molecule has 7 nitrogen and oxygen atoms in total. The van der Waals surface area contributed by atoms with Crippen molar-refractivity contribution in [2.24, 2.45) is 0 Å². The van der Waals surface area contributed by atoms with Crippen LogP contribution in [0.5, 0.6) is 0 Å². The Hall–Kier alpha value is -1.58. The van der Waals surface area contributed by atoms with E-state index in [1.165, 1.54) is 37.3 Å². The van der Waals surface area contributed by atoms with E-state index >= 15 is 0 Å². The van der Waals surface area contributed by atoms with E-state index in [2.05, 4.69) is 14.8 Å².